The highest BCUT2D eigenvalue weighted by Crippen LogP contribution is 2.24. The third-order valence-corrected chi connectivity index (χ3v) is 5.96. The van der Waals surface area contributed by atoms with Crippen molar-refractivity contribution in [3.63, 3.8) is 0 Å². The first-order valence-electron chi connectivity index (χ1n) is 10.4. The Morgan fingerprint density at radius 1 is 1.03 bits per heavy atom. The Bertz CT molecular complexity index is 1190. The summed E-state index contributed by atoms with van der Waals surface area (Å²) in [6.07, 6.45) is 1.71. The van der Waals surface area contributed by atoms with Crippen molar-refractivity contribution in [3.8, 4) is 5.75 Å². The number of fused-ring (bicyclic) bond motifs is 1. The van der Waals surface area contributed by atoms with E-state index in [2.05, 4.69) is 21.7 Å². The molecule has 1 heterocycles. The molecule has 0 aliphatic heterocycles. The summed E-state index contributed by atoms with van der Waals surface area (Å²) in [5.74, 6) is 0.479. The highest BCUT2D eigenvalue weighted by molar-refractivity contribution is 7.80. The van der Waals surface area contributed by atoms with Gasteiger partial charge in [-0.25, -0.2) is 4.98 Å². The molecule has 0 saturated heterocycles. The first kappa shape index (κ1) is 21.9. The van der Waals surface area contributed by atoms with Crippen LogP contribution >= 0.6 is 23.6 Å². The molecule has 0 atom stereocenters. The van der Waals surface area contributed by atoms with Crippen molar-refractivity contribution in [2.24, 2.45) is 0 Å². The quantitative estimate of drug-likeness (QED) is 0.341. The topological polar surface area (TPSA) is 63.2 Å². The van der Waals surface area contributed by atoms with E-state index < -0.39 is 0 Å². The van der Waals surface area contributed by atoms with E-state index in [9.17, 15) is 4.79 Å². The fourth-order valence-electron chi connectivity index (χ4n) is 3.14. The maximum atomic E-state index is 12.4. The largest absolute Gasteiger partial charge is 0.494 e. The fourth-order valence-corrected chi connectivity index (χ4v) is 4.35. The zero-order valence-corrected chi connectivity index (χ0v) is 19.3. The maximum absolute atomic E-state index is 12.4. The second-order valence-electron chi connectivity index (χ2n) is 7.23. The van der Waals surface area contributed by atoms with Crippen LogP contribution in [0.15, 0.2) is 72.8 Å². The summed E-state index contributed by atoms with van der Waals surface area (Å²) in [4.78, 5) is 17.1. The molecule has 7 heteroatoms. The van der Waals surface area contributed by atoms with Crippen LogP contribution in [0.2, 0.25) is 0 Å². The van der Waals surface area contributed by atoms with Gasteiger partial charge in [-0.3, -0.25) is 10.1 Å². The number of thiocarbonyl (C=S) groups is 1. The molecule has 0 aliphatic carbocycles. The molecule has 1 amide bonds. The number of thiazole rings is 1. The predicted molar refractivity (Wildman–Crippen MR) is 135 cm³/mol. The first-order chi connectivity index (χ1) is 15.6. The molecule has 5 nitrogen and oxygen atoms in total. The Labute approximate surface area is 196 Å². The smallest absolute Gasteiger partial charge is 0.257 e. The molecule has 2 N–H and O–H groups in total. The Hall–Kier alpha value is -3.29. The average Bonchev–Trinajstić information content (AvgIpc) is 3.21. The van der Waals surface area contributed by atoms with Gasteiger partial charge in [-0.2, -0.15) is 0 Å². The summed E-state index contributed by atoms with van der Waals surface area (Å²) in [6.45, 7) is 2.70. The number of nitrogens with one attached hydrogen (secondary N) is 2. The second kappa shape index (κ2) is 10.3. The van der Waals surface area contributed by atoms with E-state index in [1.54, 1.807) is 35.6 Å². The summed E-state index contributed by atoms with van der Waals surface area (Å²) < 4.78 is 6.74. The van der Waals surface area contributed by atoms with Crippen molar-refractivity contribution >= 4 is 50.5 Å². The number of amides is 1. The van der Waals surface area contributed by atoms with Crippen molar-refractivity contribution in [1.82, 2.24) is 10.3 Å². The molecule has 4 aromatic rings. The van der Waals surface area contributed by atoms with Gasteiger partial charge in [0.2, 0.25) is 0 Å². The highest BCUT2D eigenvalue weighted by atomic mass is 32.1. The number of para-hydroxylation sites is 1. The van der Waals surface area contributed by atoms with E-state index >= 15 is 0 Å². The van der Waals surface area contributed by atoms with E-state index in [1.165, 1.54) is 4.70 Å². The van der Waals surface area contributed by atoms with Gasteiger partial charge in [0.1, 0.15) is 5.75 Å². The van der Waals surface area contributed by atoms with Crippen LogP contribution in [-0.2, 0) is 6.42 Å². The standard InChI is InChI=1S/C25H23N3O2S2/c1-2-15-30-20-13-9-18(10-14-20)24(29)28-25(31)26-19-11-7-17(8-12-19)16-23-27-21-5-3-4-6-22(21)32-23/h3-14H,2,15-16H2,1H3,(H2,26,28,29,31). The molecule has 3 aromatic carbocycles. The molecule has 4 rings (SSSR count). The van der Waals surface area contributed by atoms with Gasteiger partial charge >= 0.3 is 0 Å². The molecule has 0 aliphatic rings. The van der Waals surface area contributed by atoms with Gasteiger partial charge in [0.05, 0.1) is 21.8 Å². The summed E-state index contributed by atoms with van der Waals surface area (Å²) in [7, 11) is 0. The van der Waals surface area contributed by atoms with Crippen LogP contribution in [0.5, 0.6) is 5.75 Å². The maximum Gasteiger partial charge on any atom is 0.257 e. The minimum Gasteiger partial charge on any atom is -0.494 e. The zero-order valence-electron chi connectivity index (χ0n) is 17.6. The molecule has 32 heavy (non-hydrogen) atoms. The molecule has 0 spiro atoms. The summed E-state index contributed by atoms with van der Waals surface area (Å²) in [5, 5.41) is 7.10. The van der Waals surface area contributed by atoms with Gasteiger partial charge in [0.25, 0.3) is 5.91 Å². The summed E-state index contributed by atoms with van der Waals surface area (Å²) in [6, 6.07) is 23.1. The average molecular weight is 462 g/mol. The second-order valence-corrected chi connectivity index (χ2v) is 8.75. The number of benzene rings is 3. The number of ether oxygens (including phenoxy) is 1. The lowest BCUT2D eigenvalue weighted by Gasteiger charge is -2.11. The minimum atomic E-state index is -0.267. The number of hydrogen-bond donors (Lipinski definition) is 2. The van der Waals surface area contributed by atoms with Gasteiger partial charge in [-0.15, -0.1) is 11.3 Å². The molecule has 0 unspecified atom stereocenters. The number of hydrogen-bond acceptors (Lipinski definition) is 5. The minimum absolute atomic E-state index is 0.250. The SMILES string of the molecule is CCCOc1ccc(C(=O)NC(=S)Nc2ccc(Cc3nc4ccccc4s3)cc2)cc1. The lowest BCUT2D eigenvalue weighted by molar-refractivity contribution is 0.0977. The first-order valence-corrected chi connectivity index (χ1v) is 11.6. The van der Waals surface area contributed by atoms with E-state index in [4.69, 9.17) is 17.0 Å². The van der Waals surface area contributed by atoms with Crippen molar-refractivity contribution < 1.29 is 9.53 Å². The van der Waals surface area contributed by atoms with Gasteiger partial charge in [-0.05, 0) is 72.7 Å². The van der Waals surface area contributed by atoms with Crippen LogP contribution < -0.4 is 15.4 Å². The Kier molecular flexibility index (Phi) is 7.09. The Balaban J connectivity index is 1.30. The fraction of sp³-hybridized carbons (Fsp3) is 0.160. The predicted octanol–water partition coefficient (Wildman–Crippen LogP) is 5.80. The number of aromatic nitrogens is 1. The molecule has 0 fully saturated rings. The molecule has 0 radical (unpaired) electrons. The normalized spacial score (nSPS) is 10.7. The highest BCUT2D eigenvalue weighted by Gasteiger charge is 2.09. The number of anilines is 1. The van der Waals surface area contributed by atoms with Gasteiger partial charge in [0.15, 0.2) is 5.11 Å². The Morgan fingerprint density at radius 3 is 2.50 bits per heavy atom. The van der Waals surface area contributed by atoms with Crippen molar-refractivity contribution in [2.45, 2.75) is 19.8 Å². The van der Waals surface area contributed by atoms with Gasteiger partial charge in [0, 0.05) is 17.7 Å². The van der Waals surface area contributed by atoms with Crippen LogP contribution in [-0.4, -0.2) is 22.6 Å². The summed E-state index contributed by atoms with van der Waals surface area (Å²) >= 11 is 7.01. The molecular weight excluding hydrogens is 438 g/mol. The van der Waals surface area contributed by atoms with E-state index in [1.807, 2.05) is 49.4 Å². The third-order valence-electron chi connectivity index (χ3n) is 4.72. The Morgan fingerprint density at radius 2 is 1.78 bits per heavy atom. The van der Waals surface area contributed by atoms with E-state index in [-0.39, 0.29) is 11.0 Å². The van der Waals surface area contributed by atoms with Crippen molar-refractivity contribution in [3.05, 3.63) is 88.9 Å². The zero-order chi connectivity index (χ0) is 22.3. The van der Waals surface area contributed by atoms with Crippen LogP contribution in [0.3, 0.4) is 0 Å². The van der Waals surface area contributed by atoms with Gasteiger partial charge in [-0.1, -0.05) is 31.2 Å². The molecule has 1 aromatic heterocycles. The van der Waals surface area contributed by atoms with Crippen LogP contribution in [0, 0.1) is 0 Å². The third kappa shape index (κ3) is 5.69. The molecule has 162 valence electrons. The lowest BCUT2D eigenvalue weighted by atomic mass is 10.1. The van der Waals surface area contributed by atoms with Crippen LogP contribution in [0.4, 0.5) is 5.69 Å². The number of carbonyl (C=O) groups excluding carboxylic acids is 1. The van der Waals surface area contributed by atoms with Crippen LogP contribution in [0.1, 0.15) is 34.3 Å². The van der Waals surface area contributed by atoms with Crippen LogP contribution in [0.25, 0.3) is 10.2 Å². The monoisotopic (exact) mass is 461 g/mol. The van der Waals surface area contributed by atoms with E-state index in [0.717, 1.165) is 40.4 Å². The van der Waals surface area contributed by atoms with E-state index in [0.29, 0.717) is 12.2 Å². The van der Waals surface area contributed by atoms with Crippen molar-refractivity contribution in [2.75, 3.05) is 11.9 Å². The lowest BCUT2D eigenvalue weighted by Crippen LogP contribution is -2.34. The van der Waals surface area contributed by atoms with Crippen molar-refractivity contribution in [1.29, 1.82) is 0 Å². The molecular formula is C25H23N3O2S2. The molecule has 0 saturated carbocycles. The van der Waals surface area contributed by atoms with Gasteiger partial charge < -0.3 is 10.1 Å². The number of nitrogens with zero attached hydrogens (tertiary/aromatic N) is 1. The summed E-state index contributed by atoms with van der Waals surface area (Å²) in [5.41, 5.74) is 3.53. The molecule has 0 bridgehead atoms. The number of rotatable bonds is 7. The number of carbonyl (C=O) groups is 1.